The number of carbonyl (C=O) groups is 1. The van der Waals surface area contributed by atoms with Crippen LogP contribution in [0.15, 0.2) is 24.3 Å². The van der Waals surface area contributed by atoms with Crippen LogP contribution in [0.2, 0.25) is 18.1 Å². The predicted molar refractivity (Wildman–Crippen MR) is 97.6 cm³/mol. The summed E-state index contributed by atoms with van der Waals surface area (Å²) in [6.45, 7) is 11.1. The van der Waals surface area contributed by atoms with Crippen molar-refractivity contribution in [1.82, 2.24) is 0 Å². The van der Waals surface area contributed by atoms with Crippen molar-refractivity contribution in [2.45, 2.75) is 83.5 Å². The zero-order valence-corrected chi connectivity index (χ0v) is 16.1. The highest BCUT2D eigenvalue weighted by molar-refractivity contribution is 6.74. The molecule has 0 N–H and O–H groups in total. The molecule has 0 unspecified atom stereocenters. The first-order valence-corrected chi connectivity index (χ1v) is 11.6. The lowest BCUT2D eigenvalue weighted by atomic mass is 9.89. The normalized spacial score (nSPS) is 19.9. The summed E-state index contributed by atoms with van der Waals surface area (Å²) < 4.78 is 6.32. The molecule has 0 aliphatic heterocycles. The number of aldehydes is 1. The standard InChI is InChI=1S/C19H34O2Si/c1-19(2,3)22(4,5)21-18(15-16-20)14-10-9-13-17-11-7-6-8-12-17/h9-10,13-14,16-18H,6-8,11-12,15H2,1-5H3/b13-9-,14-10-/t18-/m0/s1. The number of allylic oxidation sites excluding steroid dienone is 3. The predicted octanol–water partition coefficient (Wildman–Crippen LogP) is 5.66. The van der Waals surface area contributed by atoms with E-state index < -0.39 is 8.32 Å². The molecule has 0 aromatic heterocycles. The van der Waals surface area contributed by atoms with Crippen LogP contribution in [0.5, 0.6) is 0 Å². The summed E-state index contributed by atoms with van der Waals surface area (Å²) >= 11 is 0. The topological polar surface area (TPSA) is 26.3 Å². The van der Waals surface area contributed by atoms with Crippen molar-refractivity contribution in [3.63, 3.8) is 0 Å². The highest BCUT2D eigenvalue weighted by atomic mass is 28.4. The van der Waals surface area contributed by atoms with E-state index in [1.54, 1.807) is 0 Å². The Morgan fingerprint density at radius 1 is 1.14 bits per heavy atom. The molecule has 1 saturated carbocycles. The highest BCUT2D eigenvalue weighted by Gasteiger charge is 2.38. The Balaban J connectivity index is 2.57. The Bertz CT molecular complexity index is 385. The van der Waals surface area contributed by atoms with E-state index in [4.69, 9.17) is 4.43 Å². The van der Waals surface area contributed by atoms with Crippen LogP contribution >= 0.6 is 0 Å². The van der Waals surface area contributed by atoms with Gasteiger partial charge in [0.1, 0.15) is 6.29 Å². The molecular weight excluding hydrogens is 288 g/mol. The second kappa shape index (κ2) is 8.83. The van der Waals surface area contributed by atoms with E-state index in [0.29, 0.717) is 6.42 Å². The van der Waals surface area contributed by atoms with Crippen molar-refractivity contribution >= 4 is 14.6 Å². The molecule has 1 rings (SSSR count). The Morgan fingerprint density at radius 3 is 2.32 bits per heavy atom. The van der Waals surface area contributed by atoms with Crippen LogP contribution in [0.4, 0.5) is 0 Å². The lowest BCUT2D eigenvalue weighted by Crippen LogP contribution is -2.43. The van der Waals surface area contributed by atoms with Crippen molar-refractivity contribution in [3.05, 3.63) is 24.3 Å². The van der Waals surface area contributed by atoms with Crippen molar-refractivity contribution in [2.24, 2.45) is 5.92 Å². The second-order valence-corrected chi connectivity index (χ2v) is 12.7. The largest absolute Gasteiger partial charge is 0.410 e. The van der Waals surface area contributed by atoms with Gasteiger partial charge in [0, 0.05) is 6.42 Å². The third kappa shape index (κ3) is 6.61. The molecule has 0 aromatic rings. The van der Waals surface area contributed by atoms with E-state index in [-0.39, 0.29) is 11.1 Å². The first-order chi connectivity index (χ1) is 10.3. The molecule has 3 heteroatoms. The van der Waals surface area contributed by atoms with E-state index >= 15 is 0 Å². The van der Waals surface area contributed by atoms with Crippen LogP contribution in [0, 0.1) is 5.92 Å². The van der Waals surface area contributed by atoms with Gasteiger partial charge in [-0.1, -0.05) is 64.3 Å². The first kappa shape index (κ1) is 19.4. The molecule has 1 fully saturated rings. The van der Waals surface area contributed by atoms with Crippen LogP contribution < -0.4 is 0 Å². The molecule has 0 spiro atoms. The fraction of sp³-hybridized carbons (Fsp3) is 0.737. The van der Waals surface area contributed by atoms with Crippen LogP contribution in [0.1, 0.15) is 59.3 Å². The molecule has 0 heterocycles. The Labute approximate surface area is 138 Å². The lowest BCUT2D eigenvalue weighted by Gasteiger charge is -2.38. The fourth-order valence-corrected chi connectivity index (χ4v) is 3.84. The quantitative estimate of drug-likeness (QED) is 0.343. The Hall–Kier alpha value is -0.673. The average Bonchev–Trinajstić information content (AvgIpc) is 2.43. The van der Waals surface area contributed by atoms with Crippen molar-refractivity contribution in [3.8, 4) is 0 Å². The SMILES string of the molecule is CC(C)(C)[Si](C)(C)O[C@@H](/C=C\C=C/C1CCCCC1)CC=O. The summed E-state index contributed by atoms with van der Waals surface area (Å²) in [5, 5.41) is 0.167. The van der Waals surface area contributed by atoms with Gasteiger partial charge in [0.25, 0.3) is 0 Å². The number of rotatable bonds is 7. The Morgan fingerprint density at radius 2 is 1.77 bits per heavy atom. The van der Waals surface area contributed by atoms with Gasteiger partial charge >= 0.3 is 0 Å². The van der Waals surface area contributed by atoms with Gasteiger partial charge in [-0.2, -0.15) is 0 Å². The van der Waals surface area contributed by atoms with Crippen molar-refractivity contribution in [2.75, 3.05) is 0 Å². The van der Waals surface area contributed by atoms with Crippen molar-refractivity contribution in [1.29, 1.82) is 0 Å². The Kier molecular flexibility index (Phi) is 7.77. The summed E-state index contributed by atoms with van der Waals surface area (Å²) in [5.74, 6) is 0.740. The van der Waals surface area contributed by atoms with E-state index in [1.807, 2.05) is 6.08 Å². The van der Waals surface area contributed by atoms with Crippen LogP contribution in [0.3, 0.4) is 0 Å². The maximum atomic E-state index is 10.9. The maximum absolute atomic E-state index is 10.9. The fourth-order valence-electron chi connectivity index (χ4n) is 2.55. The van der Waals surface area contributed by atoms with Gasteiger partial charge in [0.05, 0.1) is 6.10 Å². The third-order valence-corrected chi connectivity index (χ3v) is 9.56. The molecule has 0 aromatic carbocycles. The summed E-state index contributed by atoms with van der Waals surface area (Å²) in [4.78, 5) is 10.9. The second-order valence-electron chi connectivity index (χ2n) is 7.99. The van der Waals surface area contributed by atoms with Gasteiger partial charge in [0.15, 0.2) is 8.32 Å². The molecule has 126 valence electrons. The molecule has 0 bridgehead atoms. The van der Waals surface area contributed by atoms with Crippen molar-refractivity contribution < 1.29 is 9.22 Å². The number of carbonyl (C=O) groups excluding carboxylic acids is 1. The van der Waals surface area contributed by atoms with Crippen LogP contribution in [-0.2, 0) is 9.22 Å². The molecule has 0 radical (unpaired) electrons. The molecule has 1 aliphatic rings. The molecule has 0 amide bonds. The van der Waals surface area contributed by atoms with Gasteiger partial charge in [-0.3, -0.25) is 0 Å². The van der Waals surface area contributed by atoms with E-state index in [0.717, 1.165) is 12.2 Å². The van der Waals surface area contributed by atoms with E-state index in [1.165, 1.54) is 32.1 Å². The van der Waals surface area contributed by atoms with Gasteiger partial charge in [-0.05, 0) is 36.9 Å². The maximum Gasteiger partial charge on any atom is 0.192 e. The summed E-state index contributed by atoms with van der Waals surface area (Å²) in [5.41, 5.74) is 0. The van der Waals surface area contributed by atoms with Gasteiger partial charge in [-0.15, -0.1) is 0 Å². The zero-order chi connectivity index (χ0) is 16.6. The highest BCUT2D eigenvalue weighted by Crippen LogP contribution is 2.37. The third-order valence-electron chi connectivity index (χ3n) is 5.05. The summed E-state index contributed by atoms with van der Waals surface area (Å²) in [7, 11) is -1.83. The van der Waals surface area contributed by atoms with E-state index in [2.05, 4.69) is 52.1 Å². The van der Waals surface area contributed by atoms with E-state index in [9.17, 15) is 4.79 Å². The van der Waals surface area contributed by atoms with Crippen LogP contribution in [-0.4, -0.2) is 20.7 Å². The minimum Gasteiger partial charge on any atom is -0.410 e. The van der Waals surface area contributed by atoms with Gasteiger partial charge in [-0.25, -0.2) is 0 Å². The minimum absolute atomic E-state index is 0.0885. The number of hydrogen-bond acceptors (Lipinski definition) is 2. The summed E-state index contributed by atoms with van der Waals surface area (Å²) in [6.07, 6.45) is 16.7. The minimum atomic E-state index is -1.83. The first-order valence-electron chi connectivity index (χ1n) is 8.73. The molecule has 1 atom stereocenters. The lowest BCUT2D eigenvalue weighted by molar-refractivity contribution is -0.108. The molecule has 22 heavy (non-hydrogen) atoms. The molecule has 0 saturated heterocycles. The van der Waals surface area contributed by atoms with Gasteiger partial charge in [0.2, 0.25) is 0 Å². The number of hydrogen-bond donors (Lipinski definition) is 0. The monoisotopic (exact) mass is 322 g/mol. The zero-order valence-electron chi connectivity index (χ0n) is 15.1. The molecular formula is C19H34O2Si. The average molecular weight is 323 g/mol. The van der Waals surface area contributed by atoms with Crippen LogP contribution in [0.25, 0.3) is 0 Å². The smallest absolute Gasteiger partial charge is 0.192 e. The summed E-state index contributed by atoms with van der Waals surface area (Å²) in [6, 6.07) is 0. The molecule has 2 nitrogen and oxygen atoms in total. The van der Waals surface area contributed by atoms with Gasteiger partial charge < -0.3 is 9.22 Å². The molecule has 1 aliphatic carbocycles.